The Labute approximate surface area is 142 Å². The third-order valence-electron chi connectivity index (χ3n) is 4.20. The molecule has 1 atom stereocenters. The summed E-state index contributed by atoms with van der Waals surface area (Å²) in [5, 5.41) is 3.15. The lowest BCUT2D eigenvalue weighted by Gasteiger charge is -2.31. The second kappa shape index (κ2) is 7.95. The van der Waals surface area contributed by atoms with Crippen molar-refractivity contribution in [3.8, 4) is 0 Å². The lowest BCUT2D eigenvalue weighted by molar-refractivity contribution is 0.0332. The maximum Gasteiger partial charge on any atom is 0.251 e. The summed E-state index contributed by atoms with van der Waals surface area (Å²) in [5.41, 5.74) is 8.06. The van der Waals surface area contributed by atoms with Gasteiger partial charge in [0.1, 0.15) is 0 Å². The third-order valence-corrected chi connectivity index (χ3v) is 4.20. The molecular weight excluding hydrogens is 302 g/mol. The Morgan fingerprint density at radius 3 is 2.58 bits per heavy atom. The fourth-order valence-electron chi connectivity index (χ4n) is 2.88. The minimum absolute atomic E-state index is 0.0711. The van der Waals surface area contributed by atoms with Crippen LogP contribution in [-0.2, 0) is 4.74 Å². The molecule has 0 aromatic heterocycles. The van der Waals surface area contributed by atoms with E-state index in [1.54, 1.807) is 24.3 Å². The molecule has 0 radical (unpaired) electrons. The number of amides is 1. The molecule has 126 valence electrons. The van der Waals surface area contributed by atoms with Crippen LogP contribution in [0.2, 0.25) is 0 Å². The lowest BCUT2D eigenvalue weighted by Crippen LogP contribution is -2.43. The summed E-state index contributed by atoms with van der Waals surface area (Å²) in [6.45, 7) is 4.02. The number of anilines is 1. The van der Waals surface area contributed by atoms with E-state index in [4.69, 9.17) is 10.5 Å². The minimum atomic E-state index is -0.107. The fourth-order valence-corrected chi connectivity index (χ4v) is 2.88. The van der Waals surface area contributed by atoms with Crippen molar-refractivity contribution in [2.75, 3.05) is 38.6 Å². The molecule has 5 nitrogen and oxygen atoms in total. The van der Waals surface area contributed by atoms with Crippen LogP contribution in [0.1, 0.15) is 22.0 Å². The molecule has 2 aromatic rings. The Bertz CT molecular complexity index is 669. The van der Waals surface area contributed by atoms with Crippen molar-refractivity contribution in [1.29, 1.82) is 0 Å². The van der Waals surface area contributed by atoms with Crippen LogP contribution in [0, 0.1) is 0 Å². The number of nitrogens with zero attached hydrogens (tertiary/aromatic N) is 1. The molecule has 1 amide bonds. The zero-order valence-corrected chi connectivity index (χ0v) is 13.7. The van der Waals surface area contributed by atoms with Gasteiger partial charge in [0.15, 0.2) is 0 Å². The number of hydrogen-bond donors (Lipinski definition) is 2. The highest BCUT2D eigenvalue weighted by Crippen LogP contribution is 2.17. The van der Waals surface area contributed by atoms with Crippen LogP contribution in [0.15, 0.2) is 54.6 Å². The van der Waals surface area contributed by atoms with Crippen LogP contribution >= 0.6 is 0 Å². The Morgan fingerprint density at radius 1 is 1.12 bits per heavy atom. The number of rotatable bonds is 5. The van der Waals surface area contributed by atoms with E-state index < -0.39 is 0 Å². The van der Waals surface area contributed by atoms with Crippen molar-refractivity contribution in [2.24, 2.45) is 0 Å². The summed E-state index contributed by atoms with van der Waals surface area (Å²) >= 11 is 0. The van der Waals surface area contributed by atoms with Gasteiger partial charge in [-0.15, -0.1) is 0 Å². The first kappa shape index (κ1) is 16.5. The van der Waals surface area contributed by atoms with Crippen molar-refractivity contribution in [2.45, 2.75) is 6.04 Å². The molecule has 3 N–H and O–H groups in total. The van der Waals surface area contributed by atoms with E-state index in [9.17, 15) is 4.79 Å². The summed E-state index contributed by atoms with van der Waals surface area (Å²) in [7, 11) is 0. The van der Waals surface area contributed by atoms with Gasteiger partial charge in [0, 0.05) is 30.9 Å². The highest BCUT2D eigenvalue weighted by atomic mass is 16.5. The number of ether oxygens (including phenoxy) is 1. The van der Waals surface area contributed by atoms with Gasteiger partial charge < -0.3 is 15.8 Å². The van der Waals surface area contributed by atoms with E-state index in [1.807, 2.05) is 30.3 Å². The van der Waals surface area contributed by atoms with Crippen LogP contribution in [0.25, 0.3) is 0 Å². The highest BCUT2D eigenvalue weighted by Gasteiger charge is 2.20. The summed E-state index contributed by atoms with van der Waals surface area (Å²) < 4.78 is 5.41. The Morgan fingerprint density at radius 2 is 1.88 bits per heavy atom. The molecule has 1 heterocycles. The minimum Gasteiger partial charge on any atom is -0.399 e. The first-order valence-electron chi connectivity index (χ1n) is 8.24. The zero-order valence-electron chi connectivity index (χ0n) is 13.7. The first-order valence-corrected chi connectivity index (χ1v) is 8.24. The van der Waals surface area contributed by atoms with Crippen LogP contribution < -0.4 is 11.1 Å². The van der Waals surface area contributed by atoms with Gasteiger partial charge >= 0.3 is 0 Å². The van der Waals surface area contributed by atoms with Gasteiger partial charge in [-0.25, -0.2) is 0 Å². The highest BCUT2D eigenvalue weighted by molar-refractivity contribution is 5.95. The number of nitrogen functional groups attached to an aromatic ring is 1. The van der Waals surface area contributed by atoms with Crippen LogP contribution in [-0.4, -0.2) is 43.7 Å². The van der Waals surface area contributed by atoms with Gasteiger partial charge in [0.05, 0.1) is 19.3 Å². The molecule has 5 heteroatoms. The molecule has 24 heavy (non-hydrogen) atoms. The number of morpholine rings is 1. The summed E-state index contributed by atoms with van der Waals surface area (Å²) in [6, 6.07) is 17.0. The molecule has 3 rings (SSSR count). The molecule has 0 spiro atoms. The average molecular weight is 325 g/mol. The normalized spacial score (nSPS) is 16.5. The number of carbonyl (C=O) groups excluding carboxylic acids is 1. The standard InChI is InChI=1S/C19H23N3O2/c20-17-8-4-7-16(13-17)19(23)21-18(15-5-2-1-3-6-15)14-22-9-11-24-12-10-22/h1-8,13,18H,9-12,14,20H2,(H,21,23). The van der Waals surface area contributed by atoms with Gasteiger partial charge in [-0.05, 0) is 23.8 Å². The predicted octanol–water partition coefficient (Wildman–Crippen LogP) is 2.07. The van der Waals surface area contributed by atoms with Crippen molar-refractivity contribution in [3.05, 3.63) is 65.7 Å². The molecule has 1 aliphatic rings. The van der Waals surface area contributed by atoms with Gasteiger partial charge in [0.2, 0.25) is 0 Å². The Hall–Kier alpha value is -2.37. The molecule has 1 aliphatic heterocycles. The van der Waals surface area contributed by atoms with E-state index in [0.29, 0.717) is 11.3 Å². The average Bonchev–Trinajstić information content (AvgIpc) is 2.63. The summed E-state index contributed by atoms with van der Waals surface area (Å²) in [4.78, 5) is 14.9. The number of nitrogens with one attached hydrogen (secondary N) is 1. The third kappa shape index (κ3) is 4.34. The quantitative estimate of drug-likeness (QED) is 0.826. The number of nitrogens with two attached hydrogens (primary N) is 1. The van der Waals surface area contributed by atoms with Crippen molar-refractivity contribution in [3.63, 3.8) is 0 Å². The molecule has 0 saturated carbocycles. The number of hydrogen-bond acceptors (Lipinski definition) is 4. The Balaban J connectivity index is 1.75. The molecule has 1 unspecified atom stereocenters. The van der Waals surface area contributed by atoms with Crippen LogP contribution in [0.5, 0.6) is 0 Å². The van der Waals surface area contributed by atoms with Gasteiger partial charge in [-0.1, -0.05) is 36.4 Å². The fraction of sp³-hybridized carbons (Fsp3) is 0.316. The van der Waals surface area contributed by atoms with E-state index in [-0.39, 0.29) is 11.9 Å². The second-order valence-corrected chi connectivity index (χ2v) is 5.98. The van der Waals surface area contributed by atoms with E-state index in [0.717, 1.165) is 38.4 Å². The molecule has 2 aromatic carbocycles. The summed E-state index contributed by atoms with van der Waals surface area (Å²) in [5.74, 6) is -0.107. The molecule has 0 aliphatic carbocycles. The maximum atomic E-state index is 12.6. The SMILES string of the molecule is Nc1cccc(C(=O)NC(CN2CCOCC2)c2ccccc2)c1. The van der Waals surface area contributed by atoms with Gasteiger partial charge in [0.25, 0.3) is 5.91 Å². The predicted molar refractivity (Wildman–Crippen MR) is 94.8 cm³/mol. The monoisotopic (exact) mass is 325 g/mol. The smallest absolute Gasteiger partial charge is 0.251 e. The lowest BCUT2D eigenvalue weighted by atomic mass is 10.1. The largest absolute Gasteiger partial charge is 0.399 e. The van der Waals surface area contributed by atoms with Crippen molar-refractivity contribution >= 4 is 11.6 Å². The van der Waals surface area contributed by atoms with E-state index >= 15 is 0 Å². The van der Waals surface area contributed by atoms with Gasteiger partial charge in [-0.3, -0.25) is 9.69 Å². The Kier molecular flexibility index (Phi) is 5.46. The topological polar surface area (TPSA) is 67.6 Å². The molecule has 1 saturated heterocycles. The maximum absolute atomic E-state index is 12.6. The summed E-state index contributed by atoms with van der Waals surface area (Å²) in [6.07, 6.45) is 0. The number of carbonyl (C=O) groups is 1. The van der Waals surface area contributed by atoms with Crippen molar-refractivity contribution in [1.82, 2.24) is 10.2 Å². The van der Waals surface area contributed by atoms with Gasteiger partial charge in [-0.2, -0.15) is 0 Å². The molecule has 1 fully saturated rings. The first-order chi connectivity index (χ1) is 11.7. The van der Waals surface area contributed by atoms with Crippen LogP contribution in [0.3, 0.4) is 0 Å². The van der Waals surface area contributed by atoms with Crippen molar-refractivity contribution < 1.29 is 9.53 Å². The molecule has 0 bridgehead atoms. The van der Waals surface area contributed by atoms with E-state index in [2.05, 4.69) is 10.2 Å². The second-order valence-electron chi connectivity index (χ2n) is 5.98. The zero-order chi connectivity index (χ0) is 16.8. The number of benzene rings is 2. The van der Waals surface area contributed by atoms with Crippen LogP contribution in [0.4, 0.5) is 5.69 Å². The molecular formula is C19H23N3O2. The van der Waals surface area contributed by atoms with E-state index in [1.165, 1.54) is 0 Å².